The number of hydrogen-bond donors (Lipinski definition) is 2. The van der Waals surface area contributed by atoms with Crippen LogP contribution in [-0.4, -0.2) is 22.0 Å². The first kappa shape index (κ1) is 13.3. The van der Waals surface area contributed by atoms with E-state index in [4.69, 9.17) is 5.11 Å². The van der Waals surface area contributed by atoms with Crippen LogP contribution in [0.2, 0.25) is 0 Å². The molecular weight excluding hydrogens is 248 g/mol. The summed E-state index contributed by atoms with van der Waals surface area (Å²) in [6, 6.07) is 4.19. The highest BCUT2D eigenvalue weighted by molar-refractivity contribution is 5.95. The normalized spacial score (nSPS) is 20.9. The van der Waals surface area contributed by atoms with Crippen LogP contribution >= 0.6 is 0 Å². The molecule has 2 N–H and O–H groups in total. The van der Waals surface area contributed by atoms with Gasteiger partial charge in [-0.15, -0.1) is 0 Å². The first-order chi connectivity index (χ1) is 9.02. The molecule has 0 heterocycles. The Labute approximate surface area is 110 Å². The molecule has 1 fully saturated rings. The predicted molar refractivity (Wildman–Crippen MR) is 70.5 cm³/mol. The molecule has 0 bridgehead atoms. The highest BCUT2D eigenvalue weighted by atomic mass is 16.6. The summed E-state index contributed by atoms with van der Waals surface area (Å²) in [5.41, 5.74) is 0.210. The topological polar surface area (TPSA) is 92.5 Å². The Morgan fingerprint density at radius 3 is 2.89 bits per heavy atom. The number of nitro benzene ring substituents is 1. The Bertz CT molecular complexity index is 515. The maximum absolute atomic E-state index is 11.1. The Kier molecular flexibility index (Phi) is 3.69. The fourth-order valence-corrected chi connectivity index (χ4v) is 2.26. The van der Waals surface area contributed by atoms with Gasteiger partial charge in [-0.25, -0.2) is 4.79 Å². The lowest BCUT2D eigenvalue weighted by atomic mass is 10.1. The van der Waals surface area contributed by atoms with E-state index in [1.165, 1.54) is 12.1 Å². The summed E-state index contributed by atoms with van der Waals surface area (Å²) < 4.78 is 0. The number of nitrogens with zero attached hydrogens (tertiary/aromatic N) is 1. The van der Waals surface area contributed by atoms with Crippen molar-refractivity contribution in [3.05, 3.63) is 33.9 Å². The molecule has 2 unspecified atom stereocenters. The summed E-state index contributed by atoms with van der Waals surface area (Å²) in [5.74, 6) is -0.569. The average molecular weight is 264 g/mol. The van der Waals surface area contributed by atoms with Crippen LogP contribution in [0.5, 0.6) is 0 Å². The smallest absolute Gasteiger partial charge is 0.338 e. The average Bonchev–Trinajstić information content (AvgIpc) is 3.07. The molecule has 1 aromatic carbocycles. The maximum atomic E-state index is 11.1. The first-order valence-corrected chi connectivity index (χ1v) is 6.31. The van der Waals surface area contributed by atoms with E-state index in [1.807, 2.05) is 0 Å². The summed E-state index contributed by atoms with van der Waals surface area (Å²) >= 11 is 0. The second-order valence-corrected chi connectivity index (χ2v) is 4.83. The fraction of sp³-hybridized carbons (Fsp3) is 0.462. The van der Waals surface area contributed by atoms with Crippen molar-refractivity contribution in [2.45, 2.75) is 32.2 Å². The van der Waals surface area contributed by atoms with Crippen LogP contribution in [0.4, 0.5) is 11.4 Å². The summed E-state index contributed by atoms with van der Waals surface area (Å²) in [7, 11) is 0. The Balaban J connectivity index is 2.16. The zero-order valence-corrected chi connectivity index (χ0v) is 10.6. The molecule has 19 heavy (non-hydrogen) atoms. The van der Waals surface area contributed by atoms with E-state index in [0.29, 0.717) is 17.6 Å². The molecule has 6 nitrogen and oxygen atoms in total. The van der Waals surface area contributed by atoms with E-state index in [-0.39, 0.29) is 11.3 Å². The molecule has 2 rings (SSSR count). The molecule has 102 valence electrons. The number of non-ortho nitro benzene ring substituents is 1. The molecule has 1 aliphatic carbocycles. The Hall–Kier alpha value is -2.11. The number of hydrogen-bond acceptors (Lipinski definition) is 4. The molecule has 0 amide bonds. The van der Waals surface area contributed by atoms with Gasteiger partial charge in [0.05, 0.1) is 10.5 Å². The molecule has 0 saturated heterocycles. The van der Waals surface area contributed by atoms with Crippen molar-refractivity contribution in [2.75, 3.05) is 5.32 Å². The van der Waals surface area contributed by atoms with Crippen LogP contribution in [0.3, 0.4) is 0 Å². The van der Waals surface area contributed by atoms with Crippen LogP contribution in [0, 0.1) is 16.0 Å². The zero-order chi connectivity index (χ0) is 14.0. The van der Waals surface area contributed by atoms with Gasteiger partial charge >= 0.3 is 5.97 Å². The lowest BCUT2D eigenvalue weighted by Gasteiger charge is -2.09. The standard InChI is InChI=1S/C13H16N2O4/c1-2-3-8-6-12(8)14-11-5-4-9(15(18)19)7-10(11)13(16)17/h4-5,7-8,12,14H,2-3,6H2,1H3,(H,16,17). The molecule has 0 radical (unpaired) electrons. The highest BCUT2D eigenvalue weighted by Gasteiger charge is 2.36. The van der Waals surface area contributed by atoms with Crippen LogP contribution in [-0.2, 0) is 0 Å². The minimum Gasteiger partial charge on any atom is -0.478 e. The molecule has 1 saturated carbocycles. The number of anilines is 1. The van der Waals surface area contributed by atoms with Crippen LogP contribution in [0.25, 0.3) is 0 Å². The molecule has 0 aromatic heterocycles. The second kappa shape index (κ2) is 5.26. The summed E-state index contributed by atoms with van der Waals surface area (Å²) in [4.78, 5) is 21.2. The van der Waals surface area contributed by atoms with Crippen molar-refractivity contribution >= 4 is 17.3 Å². The number of benzene rings is 1. The van der Waals surface area contributed by atoms with Crippen molar-refractivity contribution in [1.29, 1.82) is 0 Å². The summed E-state index contributed by atoms with van der Waals surface area (Å²) in [6.07, 6.45) is 3.26. The monoisotopic (exact) mass is 264 g/mol. The van der Waals surface area contributed by atoms with E-state index in [9.17, 15) is 14.9 Å². The number of rotatable bonds is 6. The maximum Gasteiger partial charge on any atom is 0.338 e. The number of aromatic carboxylic acids is 1. The summed E-state index contributed by atoms with van der Waals surface area (Å²) in [5, 5.41) is 22.9. The van der Waals surface area contributed by atoms with Gasteiger partial charge in [-0.05, 0) is 24.8 Å². The minimum absolute atomic E-state index is 0.0450. The third-order valence-corrected chi connectivity index (χ3v) is 3.37. The van der Waals surface area contributed by atoms with Crippen LogP contribution in [0.1, 0.15) is 36.5 Å². The number of nitro groups is 1. The number of carboxylic acids is 1. The van der Waals surface area contributed by atoms with Gasteiger partial charge < -0.3 is 10.4 Å². The van der Waals surface area contributed by atoms with Gasteiger partial charge in [0, 0.05) is 23.9 Å². The number of carbonyl (C=O) groups is 1. The van der Waals surface area contributed by atoms with E-state index in [0.717, 1.165) is 25.3 Å². The third kappa shape index (κ3) is 3.01. The first-order valence-electron chi connectivity index (χ1n) is 6.31. The Morgan fingerprint density at radius 2 is 2.32 bits per heavy atom. The third-order valence-electron chi connectivity index (χ3n) is 3.37. The van der Waals surface area contributed by atoms with Crippen molar-refractivity contribution in [1.82, 2.24) is 0 Å². The molecule has 0 spiro atoms. The lowest BCUT2D eigenvalue weighted by molar-refractivity contribution is -0.384. The van der Waals surface area contributed by atoms with Gasteiger partial charge in [0.25, 0.3) is 5.69 Å². The molecular formula is C13H16N2O4. The van der Waals surface area contributed by atoms with Gasteiger partial charge in [0.1, 0.15) is 0 Å². The largest absolute Gasteiger partial charge is 0.478 e. The van der Waals surface area contributed by atoms with Gasteiger partial charge in [-0.2, -0.15) is 0 Å². The fourth-order valence-electron chi connectivity index (χ4n) is 2.26. The van der Waals surface area contributed by atoms with Gasteiger partial charge in [-0.1, -0.05) is 13.3 Å². The van der Waals surface area contributed by atoms with Crippen molar-refractivity contribution in [3.63, 3.8) is 0 Å². The van der Waals surface area contributed by atoms with E-state index >= 15 is 0 Å². The van der Waals surface area contributed by atoms with Crippen molar-refractivity contribution in [3.8, 4) is 0 Å². The van der Waals surface area contributed by atoms with E-state index in [1.54, 1.807) is 0 Å². The number of carboxylic acid groups (broad SMARTS) is 1. The van der Waals surface area contributed by atoms with Gasteiger partial charge in [0.2, 0.25) is 0 Å². The van der Waals surface area contributed by atoms with Gasteiger partial charge in [-0.3, -0.25) is 10.1 Å². The molecule has 6 heteroatoms. The zero-order valence-electron chi connectivity index (χ0n) is 10.6. The molecule has 1 aromatic rings. The summed E-state index contributed by atoms with van der Waals surface area (Å²) in [6.45, 7) is 2.12. The lowest BCUT2D eigenvalue weighted by Crippen LogP contribution is -2.10. The molecule has 1 aliphatic rings. The quantitative estimate of drug-likeness (QED) is 0.608. The molecule has 0 aliphatic heterocycles. The minimum atomic E-state index is -1.15. The van der Waals surface area contributed by atoms with Crippen molar-refractivity contribution < 1.29 is 14.8 Å². The van der Waals surface area contributed by atoms with Gasteiger partial charge in [0.15, 0.2) is 0 Å². The second-order valence-electron chi connectivity index (χ2n) is 4.83. The number of nitrogens with one attached hydrogen (secondary N) is 1. The van der Waals surface area contributed by atoms with E-state index < -0.39 is 10.9 Å². The Morgan fingerprint density at radius 1 is 1.58 bits per heavy atom. The molecule has 2 atom stereocenters. The van der Waals surface area contributed by atoms with Crippen molar-refractivity contribution in [2.24, 2.45) is 5.92 Å². The van der Waals surface area contributed by atoms with Crippen LogP contribution in [0.15, 0.2) is 18.2 Å². The van der Waals surface area contributed by atoms with Crippen LogP contribution < -0.4 is 5.32 Å². The SMILES string of the molecule is CCCC1CC1Nc1ccc([N+](=O)[O-])cc1C(=O)O. The predicted octanol–water partition coefficient (Wildman–Crippen LogP) is 2.89. The van der Waals surface area contributed by atoms with E-state index in [2.05, 4.69) is 12.2 Å². The highest BCUT2D eigenvalue weighted by Crippen LogP contribution is 2.38.